The van der Waals surface area contributed by atoms with Crippen molar-refractivity contribution in [1.82, 2.24) is 14.7 Å². The molecule has 15 heavy (non-hydrogen) atoms. The highest BCUT2D eigenvalue weighted by Crippen LogP contribution is 2.28. The van der Waals surface area contributed by atoms with Gasteiger partial charge in [0.05, 0.1) is 0 Å². The second-order valence-corrected chi connectivity index (χ2v) is 4.69. The van der Waals surface area contributed by atoms with Gasteiger partial charge in [0.1, 0.15) is 0 Å². The predicted octanol–water partition coefficient (Wildman–Crippen LogP) is 0.276. The van der Waals surface area contributed by atoms with E-state index in [-0.39, 0.29) is 5.56 Å². The molecule has 0 atom stereocenters. The molecule has 0 bridgehead atoms. The maximum absolute atomic E-state index is 11.6. The molecule has 0 spiro atoms. The SMILES string of the molecule is Cn1[nH]c(=O)c2c1CCN(C1CC1)CC2. The molecule has 82 valence electrons. The maximum atomic E-state index is 11.6. The van der Waals surface area contributed by atoms with Gasteiger partial charge in [0.15, 0.2) is 0 Å². The van der Waals surface area contributed by atoms with Crippen molar-refractivity contribution in [1.29, 1.82) is 0 Å². The first kappa shape index (κ1) is 9.21. The summed E-state index contributed by atoms with van der Waals surface area (Å²) in [6, 6.07) is 0.818. The van der Waals surface area contributed by atoms with Crippen LogP contribution in [0, 0.1) is 0 Å². The highest BCUT2D eigenvalue weighted by molar-refractivity contribution is 5.20. The minimum Gasteiger partial charge on any atom is -0.300 e. The number of rotatable bonds is 1. The summed E-state index contributed by atoms with van der Waals surface area (Å²) >= 11 is 0. The van der Waals surface area contributed by atoms with E-state index in [0.717, 1.165) is 37.5 Å². The molecule has 1 aromatic rings. The number of aromatic amines is 1. The number of aryl methyl sites for hydroxylation is 1. The summed E-state index contributed by atoms with van der Waals surface area (Å²) in [5.74, 6) is 0. The van der Waals surface area contributed by atoms with Crippen LogP contribution in [0.15, 0.2) is 4.79 Å². The molecule has 0 unspecified atom stereocenters. The standard InChI is InChI=1S/C11H17N3O/c1-13-10-5-7-14(8-2-3-8)6-4-9(10)11(15)12-13/h8H,2-7H2,1H3,(H,12,15). The third-order valence-corrected chi connectivity index (χ3v) is 3.64. The Morgan fingerprint density at radius 1 is 1.27 bits per heavy atom. The zero-order valence-electron chi connectivity index (χ0n) is 9.12. The highest BCUT2D eigenvalue weighted by atomic mass is 16.1. The Hall–Kier alpha value is -1.03. The van der Waals surface area contributed by atoms with Crippen molar-refractivity contribution in [3.05, 3.63) is 21.6 Å². The minimum atomic E-state index is 0.116. The van der Waals surface area contributed by atoms with Gasteiger partial charge in [-0.05, 0) is 19.3 Å². The average Bonchev–Trinajstić information content (AvgIpc) is 3.00. The molecule has 1 aliphatic carbocycles. The van der Waals surface area contributed by atoms with Gasteiger partial charge in [-0.1, -0.05) is 0 Å². The molecule has 1 saturated carbocycles. The van der Waals surface area contributed by atoms with E-state index in [1.165, 1.54) is 18.5 Å². The van der Waals surface area contributed by atoms with E-state index in [4.69, 9.17) is 0 Å². The number of hydrogen-bond donors (Lipinski definition) is 1. The zero-order valence-corrected chi connectivity index (χ0v) is 9.12. The summed E-state index contributed by atoms with van der Waals surface area (Å²) < 4.78 is 1.90. The largest absolute Gasteiger partial charge is 0.300 e. The molecule has 0 aromatic carbocycles. The van der Waals surface area contributed by atoms with Crippen molar-refractivity contribution in [2.24, 2.45) is 7.05 Å². The highest BCUT2D eigenvalue weighted by Gasteiger charge is 2.30. The van der Waals surface area contributed by atoms with Crippen molar-refractivity contribution in [2.45, 2.75) is 31.7 Å². The van der Waals surface area contributed by atoms with E-state index in [1.54, 1.807) is 0 Å². The van der Waals surface area contributed by atoms with Crippen LogP contribution in [0.25, 0.3) is 0 Å². The molecule has 0 radical (unpaired) electrons. The number of fused-ring (bicyclic) bond motifs is 1. The van der Waals surface area contributed by atoms with Gasteiger partial charge in [-0.25, -0.2) is 0 Å². The Kier molecular flexibility index (Phi) is 1.99. The fourth-order valence-electron chi connectivity index (χ4n) is 2.62. The molecular formula is C11H17N3O. The lowest BCUT2D eigenvalue weighted by Crippen LogP contribution is -2.29. The molecule has 0 amide bonds. The van der Waals surface area contributed by atoms with Gasteiger partial charge in [0.25, 0.3) is 5.56 Å². The molecule has 3 rings (SSSR count). The average molecular weight is 207 g/mol. The van der Waals surface area contributed by atoms with Crippen LogP contribution in [0.3, 0.4) is 0 Å². The number of aromatic nitrogens is 2. The Balaban J connectivity index is 1.88. The summed E-state index contributed by atoms with van der Waals surface area (Å²) in [6.45, 7) is 2.17. The molecule has 4 heteroatoms. The lowest BCUT2D eigenvalue weighted by molar-refractivity contribution is 0.275. The van der Waals surface area contributed by atoms with E-state index >= 15 is 0 Å². The van der Waals surface area contributed by atoms with Crippen LogP contribution in [0.5, 0.6) is 0 Å². The third-order valence-electron chi connectivity index (χ3n) is 3.64. The monoisotopic (exact) mass is 207 g/mol. The van der Waals surface area contributed by atoms with Gasteiger partial charge in [-0.2, -0.15) is 0 Å². The minimum absolute atomic E-state index is 0.116. The van der Waals surface area contributed by atoms with Gasteiger partial charge < -0.3 is 0 Å². The molecule has 1 aromatic heterocycles. The first-order chi connectivity index (χ1) is 7.25. The van der Waals surface area contributed by atoms with Crippen LogP contribution in [-0.2, 0) is 19.9 Å². The van der Waals surface area contributed by atoms with Crippen LogP contribution < -0.4 is 5.56 Å². The van der Waals surface area contributed by atoms with Crippen LogP contribution >= 0.6 is 0 Å². The van der Waals surface area contributed by atoms with Crippen LogP contribution in [0.1, 0.15) is 24.1 Å². The lowest BCUT2D eigenvalue weighted by Gasteiger charge is -2.18. The van der Waals surface area contributed by atoms with Crippen molar-refractivity contribution in [3.8, 4) is 0 Å². The molecule has 1 aliphatic heterocycles. The zero-order chi connectivity index (χ0) is 10.4. The normalized spacial score (nSPS) is 22.5. The van der Waals surface area contributed by atoms with Gasteiger partial charge in [0, 0.05) is 43.9 Å². The fraction of sp³-hybridized carbons (Fsp3) is 0.727. The smallest absolute Gasteiger partial charge is 0.267 e. The first-order valence-corrected chi connectivity index (χ1v) is 5.76. The number of nitrogens with zero attached hydrogens (tertiary/aromatic N) is 2. The molecule has 2 heterocycles. The fourth-order valence-corrected chi connectivity index (χ4v) is 2.62. The number of H-pyrrole nitrogens is 1. The third kappa shape index (κ3) is 1.53. The summed E-state index contributed by atoms with van der Waals surface area (Å²) in [4.78, 5) is 14.2. The van der Waals surface area contributed by atoms with E-state index in [9.17, 15) is 4.79 Å². The van der Waals surface area contributed by atoms with E-state index in [2.05, 4.69) is 10.00 Å². The molecule has 4 nitrogen and oxygen atoms in total. The van der Waals surface area contributed by atoms with Crippen molar-refractivity contribution < 1.29 is 0 Å². The molecule has 2 aliphatic rings. The second kappa shape index (κ2) is 3.23. The van der Waals surface area contributed by atoms with Crippen molar-refractivity contribution in [2.75, 3.05) is 13.1 Å². The quantitative estimate of drug-likeness (QED) is 0.718. The van der Waals surface area contributed by atoms with E-state index < -0.39 is 0 Å². The molecular weight excluding hydrogens is 190 g/mol. The summed E-state index contributed by atoms with van der Waals surface area (Å²) in [7, 11) is 1.94. The topological polar surface area (TPSA) is 41.0 Å². The molecule has 1 N–H and O–H groups in total. The summed E-state index contributed by atoms with van der Waals surface area (Å²) in [5.41, 5.74) is 2.34. The van der Waals surface area contributed by atoms with Crippen LogP contribution in [0.2, 0.25) is 0 Å². The van der Waals surface area contributed by atoms with Crippen molar-refractivity contribution >= 4 is 0 Å². The van der Waals surface area contributed by atoms with Crippen LogP contribution in [0.4, 0.5) is 0 Å². The molecule has 0 saturated heterocycles. The summed E-state index contributed by atoms with van der Waals surface area (Å²) in [6.07, 6.45) is 4.64. The van der Waals surface area contributed by atoms with E-state index in [0.29, 0.717) is 0 Å². The predicted molar refractivity (Wildman–Crippen MR) is 58.0 cm³/mol. The van der Waals surface area contributed by atoms with E-state index in [1.807, 2.05) is 11.7 Å². The molecule has 1 fully saturated rings. The Bertz CT molecular complexity index is 428. The lowest BCUT2D eigenvalue weighted by atomic mass is 10.1. The first-order valence-electron chi connectivity index (χ1n) is 5.76. The Morgan fingerprint density at radius 2 is 2.00 bits per heavy atom. The van der Waals surface area contributed by atoms with Gasteiger partial charge in [0.2, 0.25) is 0 Å². The van der Waals surface area contributed by atoms with Gasteiger partial charge in [-0.3, -0.25) is 19.5 Å². The number of hydrogen-bond acceptors (Lipinski definition) is 2. The van der Waals surface area contributed by atoms with Gasteiger partial charge >= 0.3 is 0 Å². The Morgan fingerprint density at radius 3 is 2.73 bits per heavy atom. The summed E-state index contributed by atoms with van der Waals surface area (Å²) in [5, 5.41) is 2.85. The number of nitrogens with one attached hydrogen (secondary N) is 1. The van der Waals surface area contributed by atoms with Crippen LogP contribution in [-0.4, -0.2) is 33.8 Å². The van der Waals surface area contributed by atoms with Gasteiger partial charge in [-0.15, -0.1) is 0 Å². The maximum Gasteiger partial charge on any atom is 0.267 e. The Labute approximate surface area is 88.9 Å². The second-order valence-electron chi connectivity index (χ2n) is 4.69. The van der Waals surface area contributed by atoms with Crippen molar-refractivity contribution in [3.63, 3.8) is 0 Å².